The minimum atomic E-state index is -0.577. The Kier molecular flexibility index (Phi) is 7.66. The van der Waals surface area contributed by atoms with Gasteiger partial charge in [-0.25, -0.2) is 4.39 Å². The first-order valence-electron chi connectivity index (χ1n) is 12.9. The molecule has 0 saturated carbocycles. The Bertz CT molecular complexity index is 1030. The summed E-state index contributed by atoms with van der Waals surface area (Å²) in [6.07, 6.45) is 3.20. The fourth-order valence-electron chi connectivity index (χ4n) is 5.70. The predicted octanol–water partition coefficient (Wildman–Crippen LogP) is 2.92. The van der Waals surface area contributed by atoms with Crippen molar-refractivity contribution in [1.82, 2.24) is 14.7 Å². The molecule has 1 N–H and O–H groups in total. The van der Waals surface area contributed by atoms with E-state index in [0.717, 1.165) is 63.2 Å². The van der Waals surface area contributed by atoms with E-state index in [2.05, 4.69) is 34.1 Å². The number of rotatable bonds is 8. The second-order valence-electron chi connectivity index (χ2n) is 10.1. The first kappa shape index (κ1) is 24.2. The van der Waals surface area contributed by atoms with Gasteiger partial charge in [-0.05, 0) is 67.1 Å². The number of likely N-dealkylation sites (tertiary alicyclic amines) is 1. The van der Waals surface area contributed by atoms with Crippen molar-refractivity contribution in [3.8, 4) is 5.75 Å². The van der Waals surface area contributed by atoms with E-state index in [1.165, 1.54) is 11.1 Å². The first-order chi connectivity index (χ1) is 17.1. The Hall–Kier alpha value is -2.48. The molecular weight excluding hydrogens is 445 g/mol. The van der Waals surface area contributed by atoms with Crippen molar-refractivity contribution in [3.63, 3.8) is 0 Å². The predicted molar refractivity (Wildman–Crippen MR) is 134 cm³/mol. The molecule has 1 saturated heterocycles. The van der Waals surface area contributed by atoms with Gasteiger partial charge in [-0.15, -0.1) is 0 Å². The second kappa shape index (κ2) is 11.1. The summed E-state index contributed by atoms with van der Waals surface area (Å²) in [5.41, 5.74) is 4.42. The van der Waals surface area contributed by atoms with Gasteiger partial charge < -0.3 is 14.7 Å². The number of aliphatic hydroxyl groups is 1. The summed E-state index contributed by atoms with van der Waals surface area (Å²) in [6.45, 7) is 5.10. The summed E-state index contributed by atoms with van der Waals surface area (Å²) >= 11 is 0. The van der Waals surface area contributed by atoms with Gasteiger partial charge in [0.1, 0.15) is 18.5 Å². The molecule has 3 heterocycles. The zero-order valence-electron chi connectivity index (χ0n) is 20.4. The smallest absolute Gasteiger partial charge is 0.254 e. The number of hydrogen-bond donors (Lipinski definition) is 1. The normalized spacial score (nSPS) is 21.9. The molecule has 5 rings (SSSR count). The lowest BCUT2D eigenvalue weighted by Gasteiger charge is -2.34. The number of fused-ring (bicyclic) bond motifs is 2. The van der Waals surface area contributed by atoms with Crippen molar-refractivity contribution >= 4 is 5.91 Å². The first-order valence-corrected chi connectivity index (χ1v) is 12.9. The van der Waals surface area contributed by atoms with Gasteiger partial charge >= 0.3 is 0 Å². The van der Waals surface area contributed by atoms with Crippen LogP contribution in [0.3, 0.4) is 0 Å². The molecule has 1 unspecified atom stereocenters. The minimum absolute atomic E-state index is 0.0207. The van der Waals surface area contributed by atoms with Crippen LogP contribution in [0.5, 0.6) is 5.75 Å². The highest BCUT2D eigenvalue weighted by Gasteiger charge is 2.28. The highest BCUT2D eigenvalue weighted by atomic mass is 19.1. The van der Waals surface area contributed by atoms with E-state index >= 15 is 0 Å². The Morgan fingerprint density at radius 1 is 1.00 bits per heavy atom. The lowest BCUT2D eigenvalue weighted by Crippen LogP contribution is -2.46. The van der Waals surface area contributed by atoms with Gasteiger partial charge in [0.2, 0.25) is 0 Å². The molecule has 0 spiro atoms. The lowest BCUT2D eigenvalue weighted by molar-refractivity contribution is 0.0492. The number of aliphatic hydroxyl groups excluding tert-OH is 1. The number of alkyl halides is 1. The molecule has 6 nitrogen and oxygen atoms in total. The summed E-state index contributed by atoms with van der Waals surface area (Å²) in [7, 11) is 0. The monoisotopic (exact) mass is 481 g/mol. The van der Waals surface area contributed by atoms with Gasteiger partial charge in [-0.3, -0.25) is 14.6 Å². The van der Waals surface area contributed by atoms with E-state index < -0.39 is 6.10 Å². The molecule has 0 aliphatic carbocycles. The van der Waals surface area contributed by atoms with Gasteiger partial charge in [-0.1, -0.05) is 24.3 Å². The number of ether oxygens (including phenoxy) is 1. The number of β-amino-alcohol motifs (C(OH)–C–C–N with tert-alkyl or cyclic N) is 1. The van der Waals surface area contributed by atoms with Crippen LogP contribution in [0, 0.1) is 0 Å². The summed E-state index contributed by atoms with van der Waals surface area (Å²) in [5.74, 6) is 0.759. The van der Waals surface area contributed by atoms with E-state index in [1.54, 1.807) is 4.90 Å². The number of nitrogens with zero attached hydrogens (tertiary/aromatic N) is 3. The van der Waals surface area contributed by atoms with E-state index in [4.69, 9.17) is 4.74 Å². The van der Waals surface area contributed by atoms with Crippen molar-refractivity contribution in [1.29, 1.82) is 0 Å². The van der Waals surface area contributed by atoms with Crippen molar-refractivity contribution < 1.29 is 19.0 Å². The summed E-state index contributed by atoms with van der Waals surface area (Å²) < 4.78 is 18.9. The third kappa shape index (κ3) is 5.85. The number of benzene rings is 2. The molecular formula is C28H36FN3O3. The number of halogens is 1. The molecule has 2 atom stereocenters. The van der Waals surface area contributed by atoms with Crippen LogP contribution in [0.15, 0.2) is 42.5 Å². The standard InChI is InChI=1S/C28H36FN3O3/c29-11-15-30-12-3-6-26(20-30)35-25-7-8-27-22(16-25)10-14-32(28(27)34)19-24(33)18-31-13-9-21-4-1-2-5-23(21)17-31/h1-2,4-5,7-8,16,24,26,33H,3,6,9-15,17-20H2/t24-,26?/m1/s1. The Morgan fingerprint density at radius 2 is 1.83 bits per heavy atom. The average molecular weight is 482 g/mol. The van der Waals surface area contributed by atoms with Crippen molar-refractivity contribution in [3.05, 3.63) is 64.7 Å². The molecule has 1 amide bonds. The van der Waals surface area contributed by atoms with Gasteiger partial charge in [0, 0.05) is 51.4 Å². The number of hydrogen-bond acceptors (Lipinski definition) is 5. The molecule has 35 heavy (non-hydrogen) atoms. The highest BCUT2D eigenvalue weighted by molar-refractivity contribution is 5.97. The molecule has 0 aromatic heterocycles. The van der Waals surface area contributed by atoms with Gasteiger partial charge in [0.05, 0.1) is 6.10 Å². The zero-order chi connectivity index (χ0) is 24.2. The molecule has 3 aliphatic heterocycles. The van der Waals surface area contributed by atoms with Gasteiger partial charge in [0.25, 0.3) is 5.91 Å². The number of piperidine rings is 1. The fourth-order valence-corrected chi connectivity index (χ4v) is 5.70. The Labute approximate surface area is 207 Å². The molecule has 0 radical (unpaired) electrons. The third-order valence-corrected chi connectivity index (χ3v) is 7.52. The SMILES string of the molecule is O=C1c2ccc(OC3CCCN(CCF)C3)cc2CCN1C[C@H](O)CN1CCc2ccccc2C1. The molecule has 0 bridgehead atoms. The van der Waals surface area contributed by atoms with E-state index in [9.17, 15) is 14.3 Å². The zero-order valence-corrected chi connectivity index (χ0v) is 20.4. The van der Waals surface area contributed by atoms with Gasteiger partial charge in [-0.2, -0.15) is 0 Å². The van der Waals surface area contributed by atoms with Crippen LogP contribution >= 0.6 is 0 Å². The van der Waals surface area contributed by atoms with Crippen molar-refractivity contribution in [2.24, 2.45) is 0 Å². The van der Waals surface area contributed by atoms with Crippen LogP contribution in [0.1, 0.15) is 39.9 Å². The fraction of sp³-hybridized carbons (Fsp3) is 0.536. The number of amides is 1. The molecule has 2 aromatic carbocycles. The van der Waals surface area contributed by atoms with Crippen LogP contribution in [0.4, 0.5) is 4.39 Å². The lowest BCUT2D eigenvalue weighted by atomic mass is 9.98. The summed E-state index contributed by atoms with van der Waals surface area (Å²) in [6, 6.07) is 14.2. The van der Waals surface area contributed by atoms with Crippen molar-refractivity contribution in [2.75, 3.05) is 52.5 Å². The van der Waals surface area contributed by atoms with Crippen LogP contribution in [0.25, 0.3) is 0 Å². The maximum absolute atomic E-state index is 13.1. The molecule has 7 heteroatoms. The molecule has 2 aromatic rings. The second-order valence-corrected chi connectivity index (χ2v) is 10.1. The van der Waals surface area contributed by atoms with E-state index in [-0.39, 0.29) is 18.7 Å². The number of carbonyl (C=O) groups excluding carboxylic acids is 1. The minimum Gasteiger partial charge on any atom is -0.489 e. The van der Waals surface area contributed by atoms with E-state index in [1.807, 2.05) is 18.2 Å². The molecule has 188 valence electrons. The summed E-state index contributed by atoms with van der Waals surface area (Å²) in [4.78, 5) is 19.3. The Morgan fingerprint density at radius 3 is 2.69 bits per heavy atom. The average Bonchev–Trinajstić information content (AvgIpc) is 2.86. The van der Waals surface area contributed by atoms with Crippen LogP contribution in [0.2, 0.25) is 0 Å². The quantitative estimate of drug-likeness (QED) is 0.629. The van der Waals surface area contributed by atoms with Gasteiger partial charge in [0.15, 0.2) is 0 Å². The summed E-state index contributed by atoms with van der Waals surface area (Å²) in [5, 5.41) is 10.8. The van der Waals surface area contributed by atoms with E-state index in [0.29, 0.717) is 31.7 Å². The van der Waals surface area contributed by atoms with Crippen LogP contribution in [-0.2, 0) is 19.4 Å². The van der Waals surface area contributed by atoms with Crippen molar-refractivity contribution in [2.45, 2.75) is 44.4 Å². The van der Waals surface area contributed by atoms with Crippen LogP contribution < -0.4 is 4.74 Å². The molecule has 3 aliphatic rings. The largest absolute Gasteiger partial charge is 0.489 e. The Balaban J connectivity index is 1.15. The third-order valence-electron chi connectivity index (χ3n) is 7.52. The van der Waals surface area contributed by atoms with Crippen LogP contribution in [-0.4, -0.2) is 90.4 Å². The number of carbonyl (C=O) groups is 1. The molecule has 1 fully saturated rings. The highest BCUT2D eigenvalue weighted by Crippen LogP contribution is 2.26. The maximum Gasteiger partial charge on any atom is 0.254 e. The topological polar surface area (TPSA) is 56.3 Å². The maximum atomic E-state index is 13.1.